The number of hydrogen-bond acceptors (Lipinski definition) is 10. The molecule has 150 valence electrons. The van der Waals surface area contributed by atoms with Crippen LogP contribution in [-0.4, -0.2) is 52.9 Å². The van der Waals surface area contributed by atoms with Gasteiger partial charge in [-0.2, -0.15) is 5.10 Å². The summed E-state index contributed by atoms with van der Waals surface area (Å²) in [6.07, 6.45) is 2.36. The second kappa shape index (κ2) is 8.14. The average Bonchev–Trinajstić information content (AvgIpc) is 2.68. The summed E-state index contributed by atoms with van der Waals surface area (Å²) < 4.78 is 45.9. The summed E-state index contributed by atoms with van der Waals surface area (Å²) in [6.45, 7) is -1.00. The number of aryl methyl sites for hydroxylation is 1. The van der Waals surface area contributed by atoms with Crippen molar-refractivity contribution in [3.8, 4) is 0 Å². The lowest BCUT2D eigenvalue weighted by Crippen LogP contribution is -2.22. The van der Waals surface area contributed by atoms with Gasteiger partial charge in [0, 0.05) is 29.6 Å². The molecule has 0 spiro atoms. The number of pyridine rings is 1. The second-order valence-corrected chi connectivity index (χ2v) is 7.86. The molecule has 3 aromatic rings. The molecule has 0 aliphatic rings. The van der Waals surface area contributed by atoms with Crippen molar-refractivity contribution in [2.45, 2.75) is 11.8 Å². The van der Waals surface area contributed by atoms with Crippen molar-refractivity contribution in [3.05, 3.63) is 47.9 Å². The highest BCUT2D eigenvalue weighted by Gasteiger charge is 2.19. The Morgan fingerprint density at radius 2 is 1.86 bits per heavy atom. The van der Waals surface area contributed by atoms with Crippen molar-refractivity contribution in [1.82, 2.24) is 30.7 Å². The van der Waals surface area contributed by atoms with Gasteiger partial charge < -0.3 is 16.0 Å². The quantitative estimate of drug-likeness (QED) is 0.534. The molecular formula is C17H18N8O3S. The van der Waals surface area contributed by atoms with Crippen LogP contribution in [0.4, 0.5) is 23.1 Å². The van der Waals surface area contributed by atoms with E-state index in [0.717, 1.165) is 6.26 Å². The summed E-state index contributed by atoms with van der Waals surface area (Å²) in [5, 5.41) is 22.9. The van der Waals surface area contributed by atoms with E-state index in [1.807, 2.05) is 5.32 Å². The summed E-state index contributed by atoms with van der Waals surface area (Å²) in [5.41, 5.74) is 0.281. The van der Waals surface area contributed by atoms with E-state index in [4.69, 9.17) is 4.11 Å². The van der Waals surface area contributed by atoms with E-state index in [1.54, 1.807) is 19.1 Å². The Kier molecular flexibility index (Phi) is 4.58. The molecule has 0 aliphatic carbocycles. The summed E-state index contributed by atoms with van der Waals surface area (Å²) >= 11 is 0. The predicted octanol–water partition coefficient (Wildman–Crippen LogP) is 1.22. The zero-order chi connectivity index (χ0) is 23.5. The van der Waals surface area contributed by atoms with Crippen molar-refractivity contribution in [2.24, 2.45) is 0 Å². The number of anilines is 4. The average molecular weight is 417 g/mol. The SMILES string of the molecule is [2H]C([2H])([2H])NC(=O)c1nnc(Nc2ccc(C)nn2)cc1Nc1ncccc1S(C)(=O)=O. The highest BCUT2D eigenvalue weighted by Crippen LogP contribution is 2.26. The van der Waals surface area contributed by atoms with E-state index >= 15 is 0 Å². The van der Waals surface area contributed by atoms with Crippen LogP contribution in [0.2, 0.25) is 0 Å². The van der Waals surface area contributed by atoms with Gasteiger partial charge in [0.1, 0.15) is 10.7 Å². The molecule has 0 aliphatic heterocycles. The number of nitrogens with one attached hydrogen (secondary N) is 3. The Hall–Kier alpha value is -3.67. The van der Waals surface area contributed by atoms with Crippen LogP contribution in [-0.2, 0) is 9.84 Å². The molecule has 0 unspecified atom stereocenters. The molecule has 3 aromatic heterocycles. The summed E-state index contributed by atoms with van der Waals surface area (Å²) in [5.74, 6) is -0.649. The van der Waals surface area contributed by atoms with Crippen LogP contribution < -0.4 is 16.0 Å². The van der Waals surface area contributed by atoms with Crippen LogP contribution in [0, 0.1) is 6.92 Å². The van der Waals surface area contributed by atoms with Crippen molar-refractivity contribution in [3.63, 3.8) is 0 Å². The Morgan fingerprint density at radius 1 is 1.07 bits per heavy atom. The maximum Gasteiger partial charge on any atom is 0.273 e. The highest BCUT2D eigenvalue weighted by atomic mass is 32.2. The Balaban J connectivity index is 2.04. The number of hydrogen-bond donors (Lipinski definition) is 3. The predicted molar refractivity (Wildman–Crippen MR) is 106 cm³/mol. The third-order valence-electron chi connectivity index (χ3n) is 3.60. The Labute approximate surface area is 171 Å². The molecule has 0 saturated carbocycles. The molecule has 11 nitrogen and oxygen atoms in total. The molecule has 0 saturated heterocycles. The van der Waals surface area contributed by atoms with Crippen LogP contribution in [0.25, 0.3) is 0 Å². The van der Waals surface area contributed by atoms with Crippen LogP contribution in [0.3, 0.4) is 0 Å². The molecule has 29 heavy (non-hydrogen) atoms. The maximum atomic E-state index is 12.5. The third kappa shape index (κ3) is 4.79. The first-order valence-corrected chi connectivity index (χ1v) is 10.0. The number of rotatable bonds is 6. The number of amides is 1. The molecule has 3 N–H and O–H groups in total. The van der Waals surface area contributed by atoms with E-state index in [2.05, 4.69) is 36.0 Å². The van der Waals surface area contributed by atoms with Gasteiger partial charge in [-0.25, -0.2) is 13.4 Å². The minimum Gasteiger partial charge on any atom is -0.354 e. The molecular weight excluding hydrogens is 396 g/mol. The van der Waals surface area contributed by atoms with E-state index in [0.29, 0.717) is 11.5 Å². The number of aromatic nitrogens is 5. The van der Waals surface area contributed by atoms with Crippen molar-refractivity contribution in [2.75, 3.05) is 23.9 Å². The number of nitrogens with zero attached hydrogens (tertiary/aromatic N) is 5. The van der Waals surface area contributed by atoms with Gasteiger partial charge in [-0.1, -0.05) is 0 Å². The standard InChI is InChI=1S/C17H18N8O3S/c1-10-6-7-13(23-22-10)21-14-9-11(15(25-24-14)17(26)18-2)20-16-12(29(3,27)28)5-4-8-19-16/h4-9H,1-3H3,(H,18,26)(H2,19,20,21,23,24)/i2D3. The monoisotopic (exact) mass is 417 g/mol. The lowest BCUT2D eigenvalue weighted by molar-refractivity contribution is 0.0958. The number of carbonyl (C=O) groups is 1. The largest absolute Gasteiger partial charge is 0.354 e. The van der Waals surface area contributed by atoms with Gasteiger partial charge in [0.15, 0.2) is 27.2 Å². The first-order valence-electron chi connectivity index (χ1n) is 9.62. The molecule has 0 radical (unpaired) electrons. The van der Waals surface area contributed by atoms with Gasteiger partial charge in [0.2, 0.25) is 0 Å². The molecule has 0 bridgehead atoms. The van der Waals surface area contributed by atoms with Crippen molar-refractivity contribution < 1.29 is 17.3 Å². The molecule has 0 fully saturated rings. The maximum absolute atomic E-state index is 12.5. The topological polar surface area (TPSA) is 152 Å². The second-order valence-electron chi connectivity index (χ2n) is 5.88. The third-order valence-corrected chi connectivity index (χ3v) is 4.73. The van der Waals surface area contributed by atoms with Gasteiger partial charge in [-0.15, -0.1) is 15.3 Å². The molecule has 0 aromatic carbocycles. The fourth-order valence-corrected chi connectivity index (χ4v) is 3.06. The van der Waals surface area contributed by atoms with Gasteiger partial charge >= 0.3 is 0 Å². The summed E-state index contributed by atoms with van der Waals surface area (Å²) in [4.78, 5) is 16.4. The van der Waals surface area contributed by atoms with Gasteiger partial charge in [-0.3, -0.25) is 4.79 Å². The fourth-order valence-electron chi connectivity index (χ4n) is 2.28. The van der Waals surface area contributed by atoms with Crippen LogP contribution in [0.1, 0.15) is 20.3 Å². The minimum atomic E-state index is -3.66. The molecule has 3 heterocycles. The van der Waals surface area contributed by atoms with Crippen molar-refractivity contribution >= 4 is 38.9 Å². The Morgan fingerprint density at radius 3 is 2.55 bits per heavy atom. The minimum absolute atomic E-state index is 0.0343. The van der Waals surface area contributed by atoms with E-state index < -0.39 is 22.7 Å². The molecule has 0 atom stereocenters. The lowest BCUT2D eigenvalue weighted by atomic mass is 10.3. The zero-order valence-electron chi connectivity index (χ0n) is 18.3. The molecule has 1 amide bonds. The highest BCUT2D eigenvalue weighted by molar-refractivity contribution is 7.90. The number of carbonyl (C=O) groups excluding carboxylic acids is 1. The summed E-state index contributed by atoms with van der Waals surface area (Å²) in [7, 11) is -3.66. The fraction of sp³-hybridized carbons (Fsp3) is 0.176. The molecule has 3 rings (SSSR count). The number of sulfone groups is 1. The first kappa shape index (κ1) is 16.3. The van der Waals surface area contributed by atoms with E-state index in [9.17, 15) is 13.2 Å². The summed E-state index contributed by atoms with van der Waals surface area (Å²) in [6, 6.07) is 7.48. The van der Waals surface area contributed by atoms with E-state index in [-0.39, 0.29) is 27.9 Å². The smallest absolute Gasteiger partial charge is 0.273 e. The van der Waals surface area contributed by atoms with Crippen LogP contribution in [0.15, 0.2) is 41.4 Å². The van der Waals surface area contributed by atoms with E-state index in [1.165, 1.54) is 24.4 Å². The lowest BCUT2D eigenvalue weighted by Gasteiger charge is -2.13. The van der Waals surface area contributed by atoms with Gasteiger partial charge in [0.05, 0.1) is 11.4 Å². The van der Waals surface area contributed by atoms with Crippen molar-refractivity contribution in [1.29, 1.82) is 0 Å². The normalized spacial score (nSPS) is 13.0. The first-order chi connectivity index (χ1) is 14.9. The Bertz CT molecular complexity index is 1250. The van der Waals surface area contributed by atoms with Gasteiger partial charge in [-0.05, 0) is 31.2 Å². The van der Waals surface area contributed by atoms with Crippen LogP contribution in [0.5, 0.6) is 0 Å². The van der Waals surface area contributed by atoms with Gasteiger partial charge in [0.25, 0.3) is 5.91 Å². The molecule has 12 heteroatoms. The zero-order valence-corrected chi connectivity index (χ0v) is 16.1. The van der Waals surface area contributed by atoms with Crippen LogP contribution >= 0.6 is 0 Å².